The number of carbonyl (C=O) groups is 1. The number of carbonyl (C=O) groups excluding carboxylic acids is 1. The standard InChI is InChI=1S/C13H22N4O/c1-4-17(3)8-7-16-12-9-10(14)5-6-11(12)13(18)15-2/h5-6,9,16H,4,7-8,14H2,1-3H3,(H,15,18). The Kier molecular flexibility index (Phi) is 5.45. The molecular weight excluding hydrogens is 228 g/mol. The molecule has 100 valence electrons. The summed E-state index contributed by atoms with van der Waals surface area (Å²) in [6.07, 6.45) is 0. The van der Waals surface area contributed by atoms with E-state index in [0.717, 1.165) is 25.3 Å². The average Bonchev–Trinajstić information content (AvgIpc) is 2.37. The zero-order valence-electron chi connectivity index (χ0n) is 11.3. The molecule has 1 aromatic carbocycles. The minimum absolute atomic E-state index is 0.110. The highest BCUT2D eigenvalue weighted by Crippen LogP contribution is 2.18. The number of likely N-dealkylation sites (N-methyl/N-ethyl adjacent to an activating group) is 1. The van der Waals surface area contributed by atoms with Gasteiger partial charge in [0.15, 0.2) is 0 Å². The molecule has 0 aliphatic carbocycles. The first-order chi connectivity index (χ1) is 8.58. The molecule has 18 heavy (non-hydrogen) atoms. The number of nitrogens with zero attached hydrogens (tertiary/aromatic N) is 1. The topological polar surface area (TPSA) is 70.4 Å². The third kappa shape index (κ3) is 3.92. The van der Waals surface area contributed by atoms with Crippen LogP contribution in [0.25, 0.3) is 0 Å². The van der Waals surface area contributed by atoms with Gasteiger partial charge in [0.25, 0.3) is 5.91 Å². The van der Waals surface area contributed by atoms with Gasteiger partial charge in [-0.25, -0.2) is 0 Å². The van der Waals surface area contributed by atoms with Crippen LogP contribution in [-0.4, -0.2) is 44.5 Å². The monoisotopic (exact) mass is 250 g/mol. The summed E-state index contributed by atoms with van der Waals surface area (Å²) >= 11 is 0. The summed E-state index contributed by atoms with van der Waals surface area (Å²) in [5.41, 5.74) is 7.79. The van der Waals surface area contributed by atoms with Gasteiger partial charge < -0.3 is 21.3 Å². The fraction of sp³-hybridized carbons (Fsp3) is 0.462. The Morgan fingerprint density at radius 3 is 2.78 bits per heavy atom. The van der Waals surface area contributed by atoms with E-state index in [9.17, 15) is 4.79 Å². The number of hydrogen-bond acceptors (Lipinski definition) is 4. The van der Waals surface area contributed by atoms with E-state index in [-0.39, 0.29) is 5.91 Å². The van der Waals surface area contributed by atoms with Crippen LogP contribution >= 0.6 is 0 Å². The van der Waals surface area contributed by atoms with E-state index < -0.39 is 0 Å². The van der Waals surface area contributed by atoms with Gasteiger partial charge in [0.2, 0.25) is 0 Å². The Hall–Kier alpha value is -1.75. The number of nitrogens with one attached hydrogen (secondary N) is 2. The second-order valence-electron chi connectivity index (χ2n) is 4.21. The largest absolute Gasteiger partial charge is 0.399 e. The molecule has 0 heterocycles. The van der Waals surface area contributed by atoms with Crippen LogP contribution in [0.2, 0.25) is 0 Å². The summed E-state index contributed by atoms with van der Waals surface area (Å²) in [4.78, 5) is 13.9. The van der Waals surface area contributed by atoms with Crippen molar-refractivity contribution in [3.63, 3.8) is 0 Å². The van der Waals surface area contributed by atoms with Gasteiger partial charge in [-0.05, 0) is 31.8 Å². The number of anilines is 2. The third-order valence-electron chi connectivity index (χ3n) is 2.86. The molecule has 0 aliphatic heterocycles. The van der Waals surface area contributed by atoms with E-state index in [2.05, 4.69) is 29.5 Å². The molecule has 0 aliphatic rings. The first-order valence-electron chi connectivity index (χ1n) is 6.12. The molecule has 1 amide bonds. The number of nitrogen functional groups attached to an aromatic ring is 1. The summed E-state index contributed by atoms with van der Waals surface area (Å²) in [5, 5.41) is 5.87. The van der Waals surface area contributed by atoms with E-state index in [4.69, 9.17) is 5.73 Å². The second kappa shape index (κ2) is 6.86. The van der Waals surface area contributed by atoms with Crippen molar-refractivity contribution >= 4 is 17.3 Å². The molecule has 0 atom stereocenters. The fourth-order valence-corrected chi connectivity index (χ4v) is 1.58. The van der Waals surface area contributed by atoms with Crippen molar-refractivity contribution < 1.29 is 4.79 Å². The maximum Gasteiger partial charge on any atom is 0.253 e. The van der Waals surface area contributed by atoms with Crippen molar-refractivity contribution in [2.24, 2.45) is 0 Å². The molecule has 1 aromatic rings. The van der Waals surface area contributed by atoms with E-state index in [0.29, 0.717) is 11.3 Å². The average molecular weight is 250 g/mol. The Morgan fingerprint density at radius 2 is 2.17 bits per heavy atom. The predicted molar refractivity (Wildman–Crippen MR) is 75.9 cm³/mol. The van der Waals surface area contributed by atoms with E-state index in [1.54, 1.807) is 25.2 Å². The Morgan fingerprint density at radius 1 is 1.44 bits per heavy atom. The van der Waals surface area contributed by atoms with Gasteiger partial charge in [-0.1, -0.05) is 6.92 Å². The van der Waals surface area contributed by atoms with Gasteiger partial charge >= 0.3 is 0 Å². The van der Waals surface area contributed by atoms with Crippen LogP contribution in [0.5, 0.6) is 0 Å². The maximum absolute atomic E-state index is 11.7. The number of amides is 1. The molecule has 0 unspecified atom stereocenters. The van der Waals surface area contributed by atoms with Gasteiger partial charge in [-0.3, -0.25) is 4.79 Å². The number of rotatable bonds is 6. The number of hydrogen-bond donors (Lipinski definition) is 3. The van der Waals surface area contributed by atoms with Crippen molar-refractivity contribution in [2.75, 3.05) is 44.8 Å². The lowest BCUT2D eigenvalue weighted by atomic mass is 10.1. The van der Waals surface area contributed by atoms with Crippen molar-refractivity contribution in [1.82, 2.24) is 10.2 Å². The van der Waals surface area contributed by atoms with Crippen LogP contribution in [0.4, 0.5) is 11.4 Å². The van der Waals surface area contributed by atoms with Gasteiger partial charge in [0.05, 0.1) is 5.56 Å². The minimum atomic E-state index is -0.110. The SMILES string of the molecule is CCN(C)CCNc1cc(N)ccc1C(=O)NC. The predicted octanol–water partition coefficient (Wildman–Crippen LogP) is 0.992. The van der Waals surface area contributed by atoms with Crippen LogP contribution < -0.4 is 16.4 Å². The van der Waals surface area contributed by atoms with Gasteiger partial charge in [0.1, 0.15) is 0 Å². The Bertz CT molecular complexity index is 406. The lowest BCUT2D eigenvalue weighted by Crippen LogP contribution is -2.26. The quantitative estimate of drug-likeness (QED) is 0.659. The first-order valence-corrected chi connectivity index (χ1v) is 6.12. The van der Waals surface area contributed by atoms with E-state index >= 15 is 0 Å². The van der Waals surface area contributed by atoms with Gasteiger partial charge in [-0.15, -0.1) is 0 Å². The normalized spacial score (nSPS) is 10.4. The molecule has 0 fully saturated rings. The molecule has 0 radical (unpaired) electrons. The van der Waals surface area contributed by atoms with Crippen molar-refractivity contribution in [2.45, 2.75) is 6.92 Å². The third-order valence-corrected chi connectivity index (χ3v) is 2.86. The lowest BCUT2D eigenvalue weighted by Gasteiger charge is -2.16. The highest BCUT2D eigenvalue weighted by Gasteiger charge is 2.09. The summed E-state index contributed by atoms with van der Waals surface area (Å²) in [5.74, 6) is -0.110. The summed E-state index contributed by atoms with van der Waals surface area (Å²) in [6.45, 7) is 4.80. The number of benzene rings is 1. The molecule has 0 bridgehead atoms. The van der Waals surface area contributed by atoms with Crippen LogP contribution in [0.15, 0.2) is 18.2 Å². The molecule has 5 heteroatoms. The zero-order valence-corrected chi connectivity index (χ0v) is 11.3. The minimum Gasteiger partial charge on any atom is -0.399 e. The zero-order chi connectivity index (χ0) is 13.5. The van der Waals surface area contributed by atoms with Crippen molar-refractivity contribution in [1.29, 1.82) is 0 Å². The van der Waals surface area contributed by atoms with Crippen molar-refractivity contribution in [3.8, 4) is 0 Å². The highest BCUT2D eigenvalue weighted by molar-refractivity contribution is 6.00. The molecule has 4 N–H and O–H groups in total. The second-order valence-corrected chi connectivity index (χ2v) is 4.21. The molecule has 0 aromatic heterocycles. The van der Waals surface area contributed by atoms with Crippen LogP contribution in [0, 0.1) is 0 Å². The van der Waals surface area contributed by atoms with Crippen LogP contribution in [-0.2, 0) is 0 Å². The molecule has 0 spiro atoms. The van der Waals surface area contributed by atoms with E-state index in [1.807, 2.05) is 0 Å². The maximum atomic E-state index is 11.7. The van der Waals surface area contributed by atoms with Gasteiger partial charge in [-0.2, -0.15) is 0 Å². The van der Waals surface area contributed by atoms with E-state index in [1.165, 1.54) is 0 Å². The molecule has 1 rings (SSSR count). The first kappa shape index (κ1) is 14.3. The lowest BCUT2D eigenvalue weighted by molar-refractivity contribution is 0.0964. The summed E-state index contributed by atoms with van der Waals surface area (Å²) in [6, 6.07) is 5.25. The van der Waals surface area contributed by atoms with Gasteiger partial charge in [0, 0.05) is 31.5 Å². The Labute approximate surface area is 108 Å². The fourth-order valence-electron chi connectivity index (χ4n) is 1.58. The molecule has 0 saturated heterocycles. The number of nitrogens with two attached hydrogens (primary N) is 1. The Balaban J connectivity index is 2.73. The van der Waals surface area contributed by atoms with Crippen LogP contribution in [0.1, 0.15) is 17.3 Å². The summed E-state index contributed by atoms with van der Waals surface area (Å²) in [7, 11) is 3.67. The highest BCUT2D eigenvalue weighted by atomic mass is 16.1. The smallest absolute Gasteiger partial charge is 0.253 e. The molecule has 5 nitrogen and oxygen atoms in total. The van der Waals surface area contributed by atoms with Crippen molar-refractivity contribution in [3.05, 3.63) is 23.8 Å². The van der Waals surface area contributed by atoms with Crippen LogP contribution in [0.3, 0.4) is 0 Å². The summed E-state index contributed by atoms with van der Waals surface area (Å²) < 4.78 is 0. The molecule has 0 saturated carbocycles. The molecular formula is C13H22N4O.